The highest BCUT2D eigenvalue weighted by Gasteiger charge is 2.34. The van der Waals surface area contributed by atoms with Crippen LogP contribution >= 0.6 is 0 Å². The number of carbonyl (C=O) groups excluding carboxylic acids is 1. The lowest BCUT2D eigenvalue weighted by atomic mass is 10.0. The lowest BCUT2D eigenvalue weighted by molar-refractivity contribution is -0.141. The van der Waals surface area contributed by atoms with E-state index in [0.717, 1.165) is 12.5 Å². The number of ketones is 1. The molecular weight excluding hydrogens is 186 g/mol. The van der Waals surface area contributed by atoms with Crippen molar-refractivity contribution in [1.82, 2.24) is 0 Å². The number of alkyl halides is 2. The molecule has 0 heterocycles. The second-order valence-corrected chi connectivity index (χ2v) is 3.25. The van der Waals surface area contributed by atoms with E-state index in [2.05, 4.69) is 0 Å². The van der Waals surface area contributed by atoms with Gasteiger partial charge in [0.1, 0.15) is 0 Å². The van der Waals surface area contributed by atoms with Gasteiger partial charge in [0, 0.05) is 13.3 Å². The average molecular weight is 198 g/mol. The van der Waals surface area contributed by atoms with Crippen LogP contribution < -0.4 is 0 Å². The minimum atomic E-state index is -3.18. The fraction of sp³-hybridized carbons (Fsp3) is 0.364. The molecule has 76 valence electrons. The van der Waals surface area contributed by atoms with Crippen molar-refractivity contribution in [3.8, 4) is 0 Å². The number of rotatable bonds is 4. The molecule has 0 saturated carbocycles. The van der Waals surface area contributed by atoms with Crippen molar-refractivity contribution in [3.63, 3.8) is 0 Å². The summed E-state index contributed by atoms with van der Waals surface area (Å²) < 4.78 is 25.8. The maximum atomic E-state index is 12.9. The monoisotopic (exact) mass is 198 g/mol. The summed E-state index contributed by atoms with van der Waals surface area (Å²) in [6, 6.07) is 8.96. The molecule has 0 aliphatic heterocycles. The van der Waals surface area contributed by atoms with E-state index in [1.807, 2.05) is 6.07 Å². The molecule has 1 aromatic carbocycles. The summed E-state index contributed by atoms with van der Waals surface area (Å²) in [5.41, 5.74) is 0.827. The minimum absolute atomic E-state index is 0.230. The van der Waals surface area contributed by atoms with E-state index >= 15 is 0 Å². The third-order valence-corrected chi connectivity index (χ3v) is 2.09. The molecular formula is C11H12F2O. The van der Waals surface area contributed by atoms with Crippen LogP contribution in [-0.2, 0) is 11.2 Å². The first-order valence-corrected chi connectivity index (χ1v) is 4.45. The normalized spacial score (nSPS) is 11.4. The Balaban J connectivity index is 2.53. The van der Waals surface area contributed by atoms with Gasteiger partial charge in [0.15, 0.2) is 5.78 Å². The molecule has 0 radical (unpaired) electrons. The van der Waals surface area contributed by atoms with Gasteiger partial charge in [-0.15, -0.1) is 0 Å². The molecule has 0 saturated heterocycles. The first kappa shape index (κ1) is 10.8. The molecule has 1 nitrogen and oxygen atoms in total. The van der Waals surface area contributed by atoms with Crippen LogP contribution in [0.3, 0.4) is 0 Å². The Labute approximate surface area is 81.7 Å². The first-order chi connectivity index (χ1) is 6.52. The number of carbonyl (C=O) groups is 1. The van der Waals surface area contributed by atoms with Crippen molar-refractivity contribution in [2.24, 2.45) is 0 Å². The van der Waals surface area contributed by atoms with Gasteiger partial charge in [0.25, 0.3) is 0 Å². The van der Waals surface area contributed by atoms with Crippen LogP contribution in [0.2, 0.25) is 0 Å². The van der Waals surface area contributed by atoms with E-state index in [1.54, 1.807) is 24.3 Å². The van der Waals surface area contributed by atoms with Crippen molar-refractivity contribution < 1.29 is 13.6 Å². The van der Waals surface area contributed by atoms with Crippen LogP contribution in [0, 0.1) is 0 Å². The fourth-order valence-corrected chi connectivity index (χ4v) is 1.12. The van der Waals surface area contributed by atoms with Gasteiger partial charge in [0.2, 0.25) is 0 Å². The number of benzene rings is 1. The maximum Gasteiger partial charge on any atom is 0.305 e. The van der Waals surface area contributed by atoms with Crippen LogP contribution in [0.15, 0.2) is 30.3 Å². The summed E-state index contributed by atoms with van der Waals surface area (Å²) in [4.78, 5) is 10.5. The van der Waals surface area contributed by atoms with Gasteiger partial charge in [-0.2, -0.15) is 8.78 Å². The third kappa shape index (κ3) is 2.91. The van der Waals surface area contributed by atoms with Crippen molar-refractivity contribution in [3.05, 3.63) is 35.9 Å². The smallest absolute Gasteiger partial charge is 0.293 e. The Morgan fingerprint density at radius 2 is 1.86 bits per heavy atom. The molecule has 0 N–H and O–H groups in total. The number of Topliss-reactive ketones (excluding diaryl/α,β-unsaturated/α-hetero) is 1. The maximum absolute atomic E-state index is 12.9. The van der Waals surface area contributed by atoms with Crippen molar-refractivity contribution in [1.29, 1.82) is 0 Å². The highest BCUT2D eigenvalue weighted by Crippen LogP contribution is 2.21. The quantitative estimate of drug-likeness (QED) is 0.727. The lowest BCUT2D eigenvalue weighted by Gasteiger charge is -2.11. The number of halogens is 2. The number of hydrogen-bond acceptors (Lipinski definition) is 1. The summed E-state index contributed by atoms with van der Waals surface area (Å²) in [5.74, 6) is -4.25. The van der Waals surface area contributed by atoms with Crippen LogP contribution in [0.1, 0.15) is 18.9 Å². The Morgan fingerprint density at radius 3 is 2.36 bits per heavy atom. The van der Waals surface area contributed by atoms with E-state index in [9.17, 15) is 13.6 Å². The van der Waals surface area contributed by atoms with Crippen LogP contribution in [0.25, 0.3) is 0 Å². The zero-order chi connectivity index (χ0) is 10.6. The summed E-state index contributed by atoms with van der Waals surface area (Å²) in [7, 11) is 0. The molecule has 14 heavy (non-hydrogen) atoms. The largest absolute Gasteiger partial charge is 0.305 e. The molecule has 0 atom stereocenters. The van der Waals surface area contributed by atoms with E-state index in [-0.39, 0.29) is 6.42 Å². The molecule has 1 rings (SSSR count). The fourth-order valence-electron chi connectivity index (χ4n) is 1.12. The van der Waals surface area contributed by atoms with Gasteiger partial charge in [-0.25, -0.2) is 0 Å². The van der Waals surface area contributed by atoms with Gasteiger partial charge in [0.05, 0.1) is 0 Å². The van der Waals surface area contributed by atoms with Crippen molar-refractivity contribution in [2.75, 3.05) is 0 Å². The molecule has 0 aromatic heterocycles. The van der Waals surface area contributed by atoms with Crippen molar-refractivity contribution >= 4 is 5.78 Å². The zero-order valence-corrected chi connectivity index (χ0v) is 7.97. The predicted molar refractivity (Wildman–Crippen MR) is 50.4 cm³/mol. The van der Waals surface area contributed by atoms with E-state index in [0.29, 0.717) is 0 Å². The van der Waals surface area contributed by atoms with Gasteiger partial charge in [-0.3, -0.25) is 4.79 Å². The average Bonchev–Trinajstić information content (AvgIpc) is 2.16. The summed E-state index contributed by atoms with van der Waals surface area (Å²) in [5, 5.41) is 0. The minimum Gasteiger partial charge on any atom is -0.293 e. The van der Waals surface area contributed by atoms with Crippen LogP contribution in [-0.4, -0.2) is 11.7 Å². The molecule has 0 spiro atoms. The molecule has 0 bridgehead atoms. The number of aryl methyl sites for hydroxylation is 1. The molecule has 0 fully saturated rings. The van der Waals surface area contributed by atoms with E-state index < -0.39 is 18.1 Å². The summed E-state index contributed by atoms with van der Waals surface area (Å²) in [6.07, 6.45) is -0.181. The van der Waals surface area contributed by atoms with Gasteiger partial charge in [-0.05, 0) is 12.0 Å². The Bertz CT molecular complexity index is 306. The van der Waals surface area contributed by atoms with Gasteiger partial charge >= 0.3 is 5.92 Å². The Morgan fingerprint density at radius 1 is 1.29 bits per heavy atom. The lowest BCUT2D eigenvalue weighted by Crippen LogP contribution is -2.26. The SMILES string of the molecule is CC(=O)C(F)(F)CCc1ccccc1. The zero-order valence-electron chi connectivity index (χ0n) is 7.97. The first-order valence-electron chi connectivity index (χ1n) is 4.45. The van der Waals surface area contributed by atoms with Gasteiger partial charge in [-0.1, -0.05) is 30.3 Å². The predicted octanol–water partition coefficient (Wildman–Crippen LogP) is 2.84. The molecule has 1 aromatic rings. The van der Waals surface area contributed by atoms with Crippen LogP contribution in [0.4, 0.5) is 8.78 Å². The molecule has 0 amide bonds. The topological polar surface area (TPSA) is 17.1 Å². The molecule has 0 aliphatic carbocycles. The Hall–Kier alpha value is -1.25. The number of hydrogen-bond donors (Lipinski definition) is 0. The second-order valence-electron chi connectivity index (χ2n) is 3.25. The highest BCUT2D eigenvalue weighted by atomic mass is 19.3. The molecule has 3 heteroatoms. The van der Waals surface area contributed by atoms with E-state index in [4.69, 9.17) is 0 Å². The van der Waals surface area contributed by atoms with Crippen LogP contribution in [0.5, 0.6) is 0 Å². The Kier molecular flexibility index (Phi) is 3.33. The third-order valence-electron chi connectivity index (χ3n) is 2.09. The van der Waals surface area contributed by atoms with E-state index in [1.165, 1.54) is 0 Å². The molecule has 0 aliphatic rings. The molecule has 0 unspecified atom stereocenters. The van der Waals surface area contributed by atoms with Crippen molar-refractivity contribution in [2.45, 2.75) is 25.7 Å². The second kappa shape index (κ2) is 4.31. The summed E-state index contributed by atoms with van der Waals surface area (Å²) >= 11 is 0. The highest BCUT2D eigenvalue weighted by molar-refractivity contribution is 5.82. The summed E-state index contributed by atoms with van der Waals surface area (Å²) in [6.45, 7) is 0.922. The standard InChI is InChI=1S/C11H12F2O/c1-9(14)11(12,13)8-7-10-5-3-2-4-6-10/h2-6H,7-8H2,1H3. The van der Waals surface area contributed by atoms with Gasteiger partial charge < -0.3 is 0 Å².